The van der Waals surface area contributed by atoms with E-state index in [1.165, 1.54) is 24.0 Å². The third-order valence-electron chi connectivity index (χ3n) is 2.48. The van der Waals surface area contributed by atoms with Crippen LogP contribution in [0, 0.1) is 6.92 Å². The highest BCUT2D eigenvalue weighted by atomic mass is 14.8. The second-order valence-electron chi connectivity index (χ2n) is 3.71. The molecule has 0 heterocycles. The minimum atomic E-state index is 0.612. The van der Waals surface area contributed by atoms with E-state index in [0.717, 1.165) is 0 Å². The molecule has 1 atom stereocenters. The Bertz CT molecular complexity index is 238. The summed E-state index contributed by atoms with van der Waals surface area (Å²) in [6.45, 7) is 4.34. The topological polar surface area (TPSA) is 12.0 Å². The van der Waals surface area contributed by atoms with Crippen LogP contribution in [-0.4, -0.2) is 13.1 Å². The van der Waals surface area contributed by atoms with Crippen LogP contribution in [0.3, 0.4) is 0 Å². The standard InChI is InChI=1S/C12H19N/c1-10-4-7-12(8-5-10)9-6-11(2)13-3/h4-5,7-8,11,13H,6,9H2,1-3H3/t11-/m0/s1. The first-order valence-corrected chi connectivity index (χ1v) is 4.95. The highest BCUT2D eigenvalue weighted by Gasteiger charge is 1.98. The van der Waals surface area contributed by atoms with Crippen molar-refractivity contribution in [2.75, 3.05) is 7.05 Å². The minimum Gasteiger partial charge on any atom is -0.317 e. The van der Waals surface area contributed by atoms with Gasteiger partial charge >= 0.3 is 0 Å². The lowest BCUT2D eigenvalue weighted by Crippen LogP contribution is -2.21. The van der Waals surface area contributed by atoms with Gasteiger partial charge in [0.1, 0.15) is 0 Å². The van der Waals surface area contributed by atoms with Crippen LogP contribution < -0.4 is 5.32 Å². The molecule has 0 spiro atoms. The summed E-state index contributed by atoms with van der Waals surface area (Å²) in [5.41, 5.74) is 2.78. The summed E-state index contributed by atoms with van der Waals surface area (Å²) < 4.78 is 0. The molecule has 0 unspecified atom stereocenters. The first-order chi connectivity index (χ1) is 6.22. The van der Waals surface area contributed by atoms with Gasteiger partial charge in [-0.3, -0.25) is 0 Å². The smallest absolute Gasteiger partial charge is 0.00388 e. The first kappa shape index (κ1) is 10.3. The normalized spacial score (nSPS) is 12.8. The zero-order valence-electron chi connectivity index (χ0n) is 8.80. The van der Waals surface area contributed by atoms with Crippen LogP contribution in [-0.2, 0) is 6.42 Å². The maximum atomic E-state index is 3.25. The fourth-order valence-corrected chi connectivity index (χ4v) is 1.28. The van der Waals surface area contributed by atoms with Crippen molar-refractivity contribution in [3.63, 3.8) is 0 Å². The molecule has 1 aromatic rings. The van der Waals surface area contributed by atoms with E-state index < -0.39 is 0 Å². The molecule has 1 nitrogen and oxygen atoms in total. The van der Waals surface area contributed by atoms with E-state index in [1.54, 1.807) is 0 Å². The molecule has 1 aromatic carbocycles. The molecule has 0 aliphatic heterocycles. The van der Waals surface area contributed by atoms with Gasteiger partial charge < -0.3 is 5.32 Å². The van der Waals surface area contributed by atoms with Gasteiger partial charge in [0.2, 0.25) is 0 Å². The van der Waals surface area contributed by atoms with E-state index in [0.29, 0.717) is 6.04 Å². The molecule has 0 saturated heterocycles. The van der Waals surface area contributed by atoms with Crippen molar-refractivity contribution in [1.82, 2.24) is 5.32 Å². The lowest BCUT2D eigenvalue weighted by atomic mass is 10.1. The van der Waals surface area contributed by atoms with Gasteiger partial charge in [-0.2, -0.15) is 0 Å². The molecule has 1 heteroatoms. The predicted molar refractivity (Wildman–Crippen MR) is 58.0 cm³/mol. The summed E-state index contributed by atoms with van der Waals surface area (Å²) in [4.78, 5) is 0. The molecule has 0 fully saturated rings. The van der Waals surface area contributed by atoms with Crippen molar-refractivity contribution in [1.29, 1.82) is 0 Å². The van der Waals surface area contributed by atoms with Crippen LogP contribution in [0.4, 0.5) is 0 Å². The second-order valence-corrected chi connectivity index (χ2v) is 3.71. The molecule has 72 valence electrons. The van der Waals surface area contributed by atoms with Crippen molar-refractivity contribution < 1.29 is 0 Å². The zero-order chi connectivity index (χ0) is 9.68. The first-order valence-electron chi connectivity index (χ1n) is 4.95. The zero-order valence-corrected chi connectivity index (χ0v) is 8.80. The number of aryl methyl sites for hydroxylation is 2. The number of hydrogen-bond donors (Lipinski definition) is 1. The number of benzene rings is 1. The van der Waals surface area contributed by atoms with Gasteiger partial charge in [0, 0.05) is 6.04 Å². The molecule has 0 aliphatic carbocycles. The van der Waals surface area contributed by atoms with E-state index in [4.69, 9.17) is 0 Å². The quantitative estimate of drug-likeness (QED) is 0.745. The lowest BCUT2D eigenvalue weighted by molar-refractivity contribution is 0.565. The van der Waals surface area contributed by atoms with Crippen LogP contribution in [0.1, 0.15) is 24.5 Å². The maximum Gasteiger partial charge on any atom is 0.00388 e. The highest BCUT2D eigenvalue weighted by Crippen LogP contribution is 2.06. The van der Waals surface area contributed by atoms with Gasteiger partial charge in [-0.05, 0) is 39.3 Å². The summed E-state index contributed by atoms with van der Waals surface area (Å²) in [5.74, 6) is 0. The number of hydrogen-bond acceptors (Lipinski definition) is 1. The molecule has 0 saturated carbocycles. The third kappa shape index (κ3) is 3.60. The van der Waals surface area contributed by atoms with Crippen molar-refractivity contribution >= 4 is 0 Å². The largest absolute Gasteiger partial charge is 0.317 e. The average Bonchev–Trinajstić information content (AvgIpc) is 2.16. The van der Waals surface area contributed by atoms with Gasteiger partial charge in [-0.25, -0.2) is 0 Å². The molecule has 0 bridgehead atoms. The predicted octanol–water partition coefficient (Wildman–Crippen LogP) is 2.54. The van der Waals surface area contributed by atoms with Gasteiger partial charge in [-0.1, -0.05) is 29.8 Å². The monoisotopic (exact) mass is 177 g/mol. The summed E-state index contributed by atoms with van der Waals surface area (Å²) in [6, 6.07) is 9.41. The molecular formula is C12H19N. The summed E-state index contributed by atoms with van der Waals surface area (Å²) >= 11 is 0. The van der Waals surface area contributed by atoms with Crippen LogP contribution in [0.15, 0.2) is 24.3 Å². The molecule has 0 aliphatic rings. The minimum absolute atomic E-state index is 0.612. The highest BCUT2D eigenvalue weighted by molar-refractivity contribution is 5.21. The van der Waals surface area contributed by atoms with E-state index in [9.17, 15) is 0 Å². The fraction of sp³-hybridized carbons (Fsp3) is 0.500. The maximum absolute atomic E-state index is 3.25. The third-order valence-corrected chi connectivity index (χ3v) is 2.48. The van der Waals surface area contributed by atoms with Crippen LogP contribution in [0.25, 0.3) is 0 Å². The SMILES string of the molecule is CN[C@@H](C)CCc1ccc(C)cc1. The molecular weight excluding hydrogens is 158 g/mol. The lowest BCUT2D eigenvalue weighted by Gasteiger charge is -2.09. The van der Waals surface area contributed by atoms with Crippen LogP contribution in [0.5, 0.6) is 0 Å². The summed E-state index contributed by atoms with van der Waals surface area (Å²) in [5, 5.41) is 3.25. The Morgan fingerprint density at radius 1 is 1.23 bits per heavy atom. The number of rotatable bonds is 4. The van der Waals surface area contributed by atoms with Crippen molar-refractivity contribution in [3.05, 3.63) is 35.4 Å². The Kier molecular flexibility index (Phi) is 3.97. The molecule has 0 aromatic heterocycles. The Morgan fingerprint density at radius 3 is 2.38 bits per heavy atom. The van der Waals surface area contributed by atoms with E-state index in [2.05, 4.69) is 43.4 Å². The summed E-state index contributed by atoms with van der Waals surface area (Å²) in [6.07, 6.45) is 2.38. The fourth-order valence-electron chi connectivity index (χ4n) is 1.28. The summed E-state index contributed by atoms with van der Waals surface area (Å²) in [7, 11) is 2.01. The van der Waals surface area contributed by atoms with Gasteiger partial charge in [0.25, 0.3) is 0 Å². The van der Waals surface area contributed by atoms with Crippen molar-refractivity contribution in [3.8, 4) is 0 Å². The van der Waals surface area contributed by atoms with Crippen LogP contribution >= 0.6 is 0 Å². The Hall–Kier alpha value is -0.820. The molecule has 0 amide bonds. The van der Waals surface area contributed by atoms with E-state index in [1.807, 2.05) is 7.05 Å². The Labute approximate surface area is 81.2 Å². The van der Waals surface area contributed by atoms with Gasteiger partial charge in [0.05, 0.1) is 0 Å². The van der Waals surface area contributed by atoms with Gasteiger partial charge in [0.15, 0.2) is 0 Å². The van der Waals surface area contributed by atoms with E-state index >= 15 is 0 Å². The molecule has 1 rings (SSSR count). The Morgan fingerprint density at radius 2 is 1.85 bits per heavy atom. The average molecular weight is 177 g/mol. The molecule has 1 N–H and O–H groups in total. The van der Waals surface area contributed by atoms with Crippen molar-refractivity contribution in [2.45, 2.75) is 32.7 Å². The second kappa shape index (κ2) is 5.03. The van der Waals surface area contributed by atoms with Gasteiger partial charge in [-0.15, -0.1) is 0 Å². The molecule has 13 heavy (non-hydrogen) atoms. The Balaban J connectivity index is 2.41. The molecule has 0 radical (unpaired) electrons. The van der Waals surface area contributed by atoms with Crippen LogP contribution in [0.2, 0.25) is 0 Å². The van der Waals surface area contributed by atoms with E-state index in [-0.39, 0.29) is 0 Å². The van der Waals surface area contributed by atoms with Crippen molar-refractivity contribution in [2.24, 2.45) is 0 Å². The number of nitrogens with one attached hydrogen (secondary N) is 1.